The van der Waals surface area contributed by atoms with Crippen LogP contribution in [0.4, 0.5) is 4.79 Å². The van der Waals surface area contributed by atoms with Crippen LogP contribution in [0.5, 0.6) is 0 Å². The highest BCUT2D eigenvalue weighted by Crippen LogP contribution is 2.14. The van der Waals surface area contributed by atoms with Crippen molar-refractivity contribution >= 4 is 22.3 Å². The lowest BCUT2D eigenvalue weighted by Crippen LogP contribution is -2.54. The summed E-state index contributed by atoms with van der Waals surface area (Å²) in [6, 6.07) is 1.73. The van der Waals surface area contributed by atoms with Crippen LogP contribution in [0, 0.1) is 6.92 Å². The average molecular weight is 377 g/mol. The number of aromatic nitrogens is 2. The summed E-state index contributed by atoms with van der Waals surface area (Å²) in [6.07, 6.45) is 0. The third-order valence-corrected chi connectivity index (χ3v) is 5.88. The molecule has 0 aromatic carbocycles. The van der Waals surface area contributed by atoms with E-state index in [1.807, 2.05) is 22.1 Å². The summed E-state index contributed by atoms with van der Waals surface area (Å²) in [5.41, 5.74) is 1.69. The minimum Gasteiger partial charge on any atom is -0.378 e. The maximum Gasteiger partial charge on any atom is 0.320 e. The molecule has 0 saturated carbocycles. The molecule has 0 atom stereocenters. The first-order valence-corrected chi connectivity index (χ1v) is 9.80. The maximum atomic E-state index is 12.5. The number of amides is 2. The van der Waals surface area contributed by atoms with E-state index in [4.69, 9.17) is 4.74 Å². The second-order valence-electron chi connectivity index (χ2n) is 6.73. The van der Waals surface area contributed by atoms with Gasteiger partial charge in [0.2, 0.25) is 0 Å². The van der Waals surface area contributed by atoms with Crippen molar-refractivity contribution in [2.75, 3.05) is 52.5 Å². The van der Waals surface area contributed by atoms with Gasteiger partial charge in [-0.1, -0.05) is 0 Å². The number of ether oxygens (including phenoxy) is 1. The number of carbonyl (C=O) groups is 1. The molecule has 26 heavy (non-hydrogen) atoms. The van der Waals surface area contributed by atoms with Crippen molar-refractivity contribution in [1.29, 1.82) is 0 Å². The van der Waals surface area contributed by atoms with E-state index >= 15 is 0 Å². The monoisotopic (exact) mass is 377 g/mol. The van der Waals surface area contributed by atoms with Gasteiger partial charge in [0.1, 0.15) is 0 Å². The smallest absolute Gasteiger partial charge is 0.320 e. The van der Waals surface area contributed by atoms with Gasteiger partial charge in [-0.25, -0.2) is 9.78 Å². The predicted octanol–water partition coefficient (Wildman–Crippen LogP) is 0.634. The van der Waals surface area contributed by atoms with E-state index < -0.39 is 0 Å². The highest BCUT2D eigenvalue weighted by molar-refractivity contribution is 7.15. The molecule has 0 aliphatic carbocycles. The molecule has 140 valence electrons. The van der Waals surface area contributed by atoms with Gasteiger partial charge in [0.05, 0.1) is 18.9 Å². The van der Waals surface area contributed by atoms with Gasteiger partial charge < -0.3 is 14.5 Å². The molecule has 9 heteroatoms. The van der Waals surface area contributed by atoms with Gasteiger partial charge >= 0.3 is 6.03 Å². The van der Waals surface area contributed by atoms with Crippen molar-refractivity contribution in [3.8, 4) is 0 Å². The molecule has 0 N–H and O–H groups in total. The lowest BCUT2D eigenvalue weighted by molar-refractivity contribution is 0.0372. The van der Waals surface area contributed by atoms with Crippen LogP contribution < -0.4 is 5.56 Å². The van der Waals surface area contributed by atoms with E-state index in [0.717, 1.165) is 29.4 Å². The maximum absolute atomic E-state index is 12.5. The molecule has 8 nitrogen and oxygen atoms in total. The minimum atomic E-state index is -0.0233. The van der Waals surface area contributed by atoms with Crippen LogP contribution >= 0.6 is 11.3 Å². The van der Waals surface area contributed by atoms with E-state index in [0.29, 0.717) is 45.9 Å². The molecule has 0 spiro atoms. The van der Waals surface area contributed by atoms with Crippen LogP contribution in [0.25, 0.3) is 4.96 Å². The molecule has 2 aromatic rings. The molecule has 0 unspecified atom stereocenters. The van der Waals surface area contributed by atoms with Crippen molar-refractivity contribution in [3.05, 3.63) is 33.2 Å². The Morgan fingerprint density at radius 1 is 1.15 bits per heavy atom. The summed E-state index contributed by atoms with van der Waals surface area (Å²) in [7, 11) is 0. The van der Waals surface area contributed by atoms with Crippen molar-refractivity contribution < 1.29 is 9.53 Å². The molecule has 2 aromatic heterocycles. The SMILES string of the molecule is Cc1csc2nc(CN3CCN(C(=O)N4CCOCC4)CC3)cc(=O)n12. The Labute approximate surface area is 155 Å². The molecule has 4 heterocycles. The van der Waals surface area contributed by atoms with Gasteiger partial charge in [-0.15, -0.1) is 11.3 Å². The summed E-state index contributed by atoms with van der Waals surface area (Å²) in [6.45, 7) is 8.14. The highest BCUT2D eigenvalue weighted by Gasteiger charge is 2.26. The number of piperazine rings is 1. The largest absolute Gasteiger partial charge is 0.378 e. The van der Waals surface area contributed by atoms with Crippen molar-refractivity contribution in [3.63, 3.8) is 0 Å². The predicted molar refractivity (Wildman–Crippen MR) is 98.7 cm³/mol. The first kappa shape index (κ1) is 17.4. The summed E-state index contributed by atoms with van der Waals surface area (Å²) < 4.78 is 6.95. The van der Waals surface area contributed by atoms with E-state index in [2.05, 4.69) is 9.88 Å². The molecule has 2 aliphatic heterocycles. The quantitative estimate of drug-likeness (QED) is 0.768. The summed E-state index contributed by atoms with van der Waals surface area (Å²) in [4.78, 5) is 36.2. The number of hydrogen-bond donors (Lipinski definition) is 0. The van der Waals surface area contributed by atoms with Gasteiger partial charge in [-0.05, 0) is 6.92 Å². The van der Waals surface area contributed by atoms with Gasteiger partial charge in [0, 0.05) is 63.0 Å². The van der Waals surface area contributed by atoms with Crippen molar-refractivity contribution in [1.82, 2.24) is 24.1 Å². The Morgan fingerprint density at radius 3 is 2.58 bits per heavy atom. The van der Waals surface area contributed by atoms with Crippen LogP contribution in [0.15, 0.2) is 16.2 Å². The zero-order valence-electron chi connectivity index (χ0n) is 14.9. The molecule has 0 radical (unpaired) electrons. The highest BCUT2D eigenvalue weighted by atomic mass is 32.1. The van der Waals surface area contributed by atoms with Crippen LogP contribution in [-0.4, -0.2) is 82.6 Å². The number of carbonyl (C=O) groups excluding carboxylic acids is 1. The lowest BCUT2D eigenvalue weighted by Gasteiger charge is -2.38. The molecule has 0 bridgehead atoms. The average Bonchev–Trinajstić information content (AvgIpc) is 3.04. The van der Waals surface area contributed by atoms with E-state index in [1.165, 1.54) is 11.3 Å². The lowest BCUT2D eigenvalue weighted by atomic mass is 10.3. The summed E-state index contributed by atoms with van der Waals surface area (Å²) >= 11 is 1.49. The Kier molecular flexibility index (Phi) is 4.92. The van der Waals surface area contributed by atoms with E-state index in [1.54, 1.807) is 10.5 Å². The number of rotatable bonds is 2. The Bertz CT molecular complexity index is 850. The standard InChI is InChI=1S/C17H23N5O3S/c1-13-12-26-16-18-14(10-15(23)22(13)16)11-19-2-4-20(5-3-19)17(24)21-6-8-25-9-7-21/h10,12H,2-9,11H2,1H3. The molecule has 2 aliphatic rings. The third-order valence-electron chi connectivity index (χ3n) is 4.94. The molecular formula is C17H23N5O3S. The zero-order chi connectivity index (χ0) is 18.1. The molecule has 2 saturated heterocycles. The number of hydrogen-bond acceptors (Lipinski definition) is 6. The number of aryl methyl sites for hydroxylation is 1. The third kappa shape index (κ3) is 3.46. The Morgan fingerprint density at radius 2 is 1.85 bits per heavy atom. The van der Waals surface area contributed by atoms with E-state index in [9.17, 15) is 9.59 Å². The Hall–Kier alpha value is -1.97. The first-order valence-electron chi connectivity index (χ1n) is 8.92. The normalized spacial score (nSPS) is 19.3. The van der Waals surface area contributed by atoms with Crippen molar-refractivity contribution in [2.24, 2.45) is 0 Å². The molecule has 4 rings (SSSR count). The number of urea groups is 1. The van der Waals surface area contributed by atoms with Crippen LogP contribution in [0.3, 0.4) is 0 Å². The van der Waals surface area contributed by atoms with Crippen LogP contribution in [0.1, 0.15) is 11.4 Å². The van der Waals surface area contributed by atoms with Gasteiger partial charge in [-0.3, -0.25) is 14.1 Å². The van der Waals surface area contributed by atoms with Crippen LogP contribution in [0.2, 0.25) is 0 Å². The number of fused-ring (bicyclic) bond motifs is 1. The number of morpholine rings is 1. The van der Waals surface area contributed by atoms with Gasteiger partial charge in [0.15, 0.2) is 4.96 Å². The number of nitrogens with zero attached hydrogens (tertiary/aromatic N) is 5. The molecule has 2 amide bonds. The zero-order valence-corrected chi connectivity index (χ0v) is 15.7. The summed E-state index contributed by atoms with van der Waals surface area (Å²) in [5.74, 6) is 0. The minimum absolute atomic E-state index is 0.0233. The van der Waals surface area contributed by atoms with E-state index in [-0.39, 0.29) is 11.6 Å². The first-order chi connectivity index (χ1) is 12.6. The molecular weight excluding hydrogens is 354 g/mol. The van der Waals surface area contributed by atoms with Gasteiger partial charge in [-0.2, -0.15) is 0 Å². The fourth-order valence-electron chi connectivity index (χ4n) is 3.46. The number of thiazole rings is 1. The second kappa shape index (κ2) is 7.34. The van der Waals surface area contributed by atoms with Crippen molar-refractivity contribution in [2.45, 2.75) is 13.5 Å². The fourth-order valence-corrected chi connectivity index (χ4v) is 4.35. The van der Waals surface area contributed by atoms with Gasteiger partial charge in [0.25, 0.3) is 5.56 Å². The fraction of sp³-hybridized carbons (Fsp3) is 0.588. The van der Waals surface area contributed by atoms with Crippen LogP contribution in [-0.2, 0) is 11.3 Å². The summed E-state index contributed by atoms with van der Waals surface area (Å²) in [5, 5.41) is 1.95. The Balaban J connectivity index is 1.36. The molecule has 2 fully saturated rings. The topological polar surface area (TPSA) is 70.4 Å². The second-order valence-corrected chi connectivity index (χ2v) is 7.56.